The molecule has 0 aliphatic carbocycles. The maximum absolute atomic E-state index is 6.30. The van der Waals surface area contributed by atoms with Crippen LogP contribution in [0.15, 0.2) is 0 Å². The van der Waals surface area contributed by atoms with E-state index in [1.807, 2.05) is 0 Å². The van der Waals surface area contributed by atoms with Gasteiger partial charge in [0.25, 0.3) is 0 Å². The van der Waals surface area contributed by atoms with Gasteiger partial charge in [-0.15, -0.1) is 0 Å². The Bertz CT molecular complexity index is 288. The second-order valence-corrected chi connectivity index (χ2v) is 6.83. The third-order valence-corrected chi connectivity index (χ3v) is 4.72. The van der Waals surface area contributed by atoms with Crippen LogP contribution in [0.4, 0.5) is 0 Å². The zero-order valence-electron chi connectivity index (χ0n) is 13.3. The van der Waals surface area contributed by atoms with Crippen LogP contribution in [-0.2, 0) is 4.74 Å². The first-order valence-corrected chi connectivity index (χ1v) is 7.33. The van der Waals surface area contributed by atoms with E-state index in [0.29, 0.717) is 12.6 Å². The first kappa shape index (κ1) is 15.9. The Morgan fingerprint density at radius 2 is 1.78 bits per heavy atom. The fourth-order valence-electron chi connectivity index (χ4n) is 3.88. The average Bonchev–Trinajstić information content (AvgIpc) is 2.44. The molecule has 2 N–H and O–H groups in total. The Balaban J connectivity index is 3.18. The molecule has 0 aromatic rings. The molecule has 1 aliphatic heterocycles. The second kappa shape index (κ2) is 5.10. The van der Waals surface area contributed by atoms with Gasteiger partial charge in [-0.2, -0.15) is 0 Å². The van der Waals surface area contributed by atoms with Crippen LogP contribution in [0, 0.1) is 0 Å². The van der Waals surface area contributed by atoms with Crippen LogP contribution in [-0.4, -0.2) is 40.8 Å². The quantitative estimate of drug-likeness (QED) is 0.822. The van der Waals surface area contributed by atoms with Gasteiger partial charge >= 0.3 is 0 Å². The summed E-state index contributed by atoms with van der Waals surface area (Å²) in [6.45, 7) is 17.2. The molecule has 3 nitrogen and oxygen atoms in total. The van der Waals surface area contributed by atoms with Gasteiger partial charge in [0.2, 0.25) is 0 Å². The van der Waals surface area contributed by atoms with Gasteiger partial charge in [0.15, 0.2) is 0 Å². The maximum atomic E-state index is 6.30. The van der Waals surface area contributed by atoms with Crippen molar-refractivity contribution in [3.63, 3.8) is 0 Å². The van der Waals surface area contributed by atoms with Crippen molar-refractivity contribution in [1.29, 1.82) is 0 Å². The van der Waals surface area contributed by atoms with E-state index < -0.39 is 0 Å². The van der Waals surface area contributed by atoms with Gasteiger partial charge in [-0.05, 0) is 54.0 Å². The molecule has 1 saturated heterocycles. The topological polar surface area (TPSA) is 38.5 Å². The van der Waals surface area contributed by atoms with Crippen molar-refractivity contribution in [2.24, 2.45) is 5.73 Å². The highest BCUT2D eigenvalue weighted by molar-refractivity contribution is 5.13. The number of hydrogen-bond donors (Lipinski definition) is 1. The van der Waals surface area contributed by atoms with Crippen LogP contribution in [0.2, 0.25) is 0 Å². The van der Waals surface area contributed by atoms with E-state index >= 15 is 0 Å². The molecule has 3 heteroatoms. The zero-order valence-corrected chi connectivity index (χ0v) is 13.3. The summed E-state index contributed by atoms with van der Waals surface area (Å²) in [5.41, 5.74) is 5.86. The smallest absolute Gasteiger partial charge is 0.0830 e. The van der Waals surface area contributed by atoms with Crippen molar-refractivity contribution < 1.29 is 4.74 Å². The monoisotopic (exact) mass is 256 g/mol. The van der Waals surface area contributed by atoms with Gasteiger partial charge in [-0.3, -0.25) is 4.90 Å². The highest BCUT2D eigenvalue weighted by Crippen LogP contribution is 2.48. The average molecular weight is 256 g/mol. The number of nitrogens with zero attached hydrogens (tertiary/aromatic N) is 1. The molecule has 108 valence electrons. The van der Waals surface area contributed by atoms with Crippen LogP contribution in [0.3, 0.4) is 0 Å². The van der Waals surface area contributed by atoms with Crippen molar-refractivity contribution in [2.75, 3.05) is 13.1 Å². The van der Waals surface area contributed by atoms with E-state index in [1.165, 1.54) is 0 Å². The molecule has 1 heterocycles. The van der Waals surface area contributed by atoms with Crippen LogP contribution >= 0.6 is 0 Å². The lowest BCUT2D eigenvalue weighted by Gasteiger charge is -2.50. The van der Waals surface area contributed by atoms with Crippen molar-refractivity contribution in [3.8, 4) is 0 Å². The van der Waals surface area contributed by atoms with E-state index in [0.717, 1.165) is 19.4 Å². The Kier molecular flexibility index (Phi) is 4.52. The molecule has 2 atom stereocenters. The first-order valence-electron chi connectivity index (χ1n) is 7.33. The largest absolute Gasteiger partial charge is 0.368 e. The van der Waals surface area contributed by atoms with Crippen molar-refractivity contribution in [3.05, 3.63) is 0 Å². The van der Waals surface area contributed by atoms with E-state index in [9.17, 15) is 0 Å². The normalized spacial score (nSPS) is 31.8. The fourth-order valence-corrected chi connectivity index (χ4v) is 3.88. The van der Waals surface area contributed by atoms with Crippen molar-refractivity contribution in [2.45, 2.75) is 84.1 Å². The summed E-state index contributed by atoms with van der Waals surface area (Å²) >= 11 is 0. The summed E-state index contributed by atoms with van der Waals surface area (Å²) in [6, 6.07) is 0.537. The number of likely N-dealkylation sites (N-methyl/N-ethyl adjacent to an activating group) is 1. The lowest BCUT2D eigenvalue weighted by Crippen LogP contribution is -2.65. The Morgan fingerprint density at radius 1 is 1.22 bits per heavy atom. The van der Waals surface area contributed by atoms with Gasteiger partial charge in [0.05, 0.1) is 16.7 Å². The van der Waals surface area contributed by atoms with E-state index in [2.05, 4.69) is 53.4 Å². The molecule has 1 rings (SSSR count). The third-order valence-electron chi connectivity index (χ3n) is 4.72. The summed E-state index contributed by atoms with van der Waals surface area (Å²) in [5.74, 6) is 0. The molecular weight excluding hydrogens is 224 g/mol. The Hall–Kier alpha value is -0.120. The van der Waals surface area contributed by atoms with Gasteiger partial charge in [-0.25, -0.2) is 0 Å². The molecule has 0 bridgehead atoms. The zero-order chi connectivity index (χ0) is 14.2. The van der Waals surface area contributed by atoms with Crippen LogP contribution in [0.25, 0.3) is 0 Å². The molecule has 1 fully saturated rings. The molecule has 0 saturated carbocycles. The summed E-state index contributed by atoms with van der Waals surface area (Å²) in [7, 11) is 0. The van der Waals surface area contributed by atoms with Gasteiger partial charge in [0, 0.05) is 12.6 Å². The Labute approximate surface area is 113 Å². The lowest BCUT2D eigenvalue weighted by atomic mass is 9.76. The van der Waals surface area contributed by atoms with E-state index in [-0.39, 0.29) is 16.7 Å². The minimum Gasteiger partial charge on any atom is -0.368 e. The summed E-state index contributed by atoms with van der Waals surface area (Å²) in [4.78, 5) is 2.56. The standard InChI is InChI=1S/C15H32N2O/c1-8-12(3)17(9-2)15(11-16)10-13(4,5)18-14(15,6)7/h12H,8-11,16H2,1-7H3. The number of ether oxygens (including phenoxy) is 1. The summed E-state index contributed by atoms with van der Waals surface area (Å²) in [5, 5.41) is 0. The maximum Gasteiger partial charge on any atom is 0.0830 e. The SMILES string of the molecule is CCC(C)N(CC)C1(CN)CC(C)(C)OC1(C)C. The fraction of sp³-hybridized carbons (Fsp3) is 1.00. The molecule has 0 aromatic heterocycles. The van der Waals surface area contributed by atoms with Crippen molar-refractivity contribution >= 4 is 0 Å². The molecule has 0 radical (unpaired) electrons. The second-order valence-electron chi connectivity index (χ2n) is 6.83. The number of hydrogen-bond acceptors (Lipinski definition) is 3. The highest BCUT2D eigenvalue weighted by Gasteiger charge is 2.59. The molecule has 1 aliphatic rings. The predicted octanol–water partition coefficient (Wildman–Crippen LogP) is 2.78. The molecule has 0 spiro atoms. The van der Waals surface area contributed by atoms with Crippen molar-refractivity contribution in [1.82, 2.24) is 4.90 Å². The number of nitrogens with two attached hydrogens (primary N) is 1. The van der Waals surface area contributed by atoms with Crippen LogP contribution in [0.1, 0.15) is 61.3 Å². The van der Waals surface area contributed by atoms with E-state index in [4.69, 9.17) is 10.5 Å². The van der Waals surface area contributed by atoms with Crippen LogP contribution < -0.4 is 5.73 Å². The van der Waals surface area contributed by atoms with E-state index in [1.54, 1.807) is 0 Å². The molecule has 2 unspecified atom stereocenters. The highest BCUT2D eigenvalue weighted by atomic mass is 16.5. The first-order chi connectivity index (χ1) is 8.15. The number of rotatable bonds is 5. The van der Waals surface area contributed by atoms with Gasteiger partial charge in [0.1, 0.15) is 0 Å². The summed E-state index contributed by atoms with van der Waals surface area (Å²) < 4.78 is 6.30. The molecule has 0 amide bonds. The Morgan fingerprint density at radius 3 is 2.06 bits per heavy atom. The third kappa shape index (κ3) is 2.45. The lowest BCUT2D eigenvalue weighted by molar-refractivity contribution is -0.109. The van der Waals surface area contributed by atoms with Gasteiger partial charge in [-0.1, -0.05) is 13.8 Å². The minimum absolute atomic E-state index is 0.0549. The molecule has 18 heavy (non-hydrogen) atoms. The molecular formula is C15H32N2O. The van der Waals surface area contributed by atoms with Crippen LogP contribution in [0.5, 0.6) is 0 Å². The summed E-state index contributed by atoms with van der Waals surface area (Å²) in [6.07, 6.45) is 2.15. The van der Waals surface area contributed by atoms with Gasteiger partial charge < -0.3 is 10.5 Å². The predicted molar refractivity (Wildman–Crippen MR) is 77.8 cm³/mol. The minimum atomic E-state index is -0.204. The molecule has 0 aromatic carbocycles.